The Morgan fingerprint density at radius 2 is 1.04 bits per heavy atom. The molecule has 23 heavy (non-hydrogen) atoms. The summed E-state index contributed by atoms with van der Waals surface area (Å²) in [6, 6.07) is 9.16. The van der Waals surface area contributed by atoms with Gasteiger partial charge in [0.05, 0.1) is 0 Å². The van der Waals surface area contributed by atoms with Gasteiger partial charge in [0, 0.05) is 11.4 Å². The van der Waals surface area contributed by atoms with Crippen LogP contribution in [0, 0.1) is 0 Å². The number of hydrogen-bond donors (Lipinski definition) is 1. The summed E-state index contributed by atoms with van der Waals surface area (Å²) in [6.07, 6.45) is 10.2. The van der Waals surface area contributed by atoms with E-state index in [9.17, 15) is 0 Å². The molecule has 0 amide bonds. The van der Waals surface area contributed by atoms with Gasteiger partial charge in [0.1, 0.15) is 0 Å². The molecule has 0 saturated heterocycles. The Bertz CT molecular complexity index is 688. The molecule has 2 aromatic rings. The van der Waals surface area contributed by atoms with Crippen molar-refractivity contribution in [2.75, 3.05) is 5.32 Å². The Morgan fingerprint density at radius 1 is 0.609 bits per heavy atom. The van der Waals surface area contributed by atoms with Gasteiger partial charge in [-0.15, -0.1) is 18.5 Å². The maximum absolute atomic E-state index is 3.86. The lowest BCUT2D eigenvalue weighted by Crippen LogP contribution is -2.17. The number of rotatable bonds is 2. The van der Waals surface area contributed by atoms with Crippen LogP contribution in [0.5, 0.6) is 0 Å². The molecule has 1 N–H and O–H groups in total. The van der Waals surface area contributed by atoms with Crippen LogP contribution in [0.1, 0.15) is 47.9 Å². The molecule has 4 rings (SSSR count). The van der Waals surface area contributed by atoms with Crippen LogP contribution in [0.3, 0.4) is 0 Å². The lowest BCUT2D eigenvalue weighted by Gasteiger charge is -2.26. The summed E-state index contributed by atoms with van der Waals surface area (Å²) in [5, 5.41) is 6.44. The molecule has 120 valence electrons. The predicted molar refractivity (Wildman–Crippen MR) is 108 cm³/mol. The zero-order valence-electron chi connectivity index (χ0n) is 13.6. The molecule has 0 heterocycles. The Hall–Kier alpha value is -0.900. The largest absolute Gasteiger partial charge is 0.354 e. The van der Waals surface area contributed by atoms with Crippen LogP contribution in [-0.4, -0.2) is 0 Å². The molecule has 2 aliphatic rings. The lowest BCUT2D eigenvalue weighted by atomic mass is 9.89. The average molecular weight is 341 g/mol. The van der Waals surface area contributed by atoms with Crippen LogP contribution < -0.4 is 15.9 Å². The third kappa shape index (κ3) is 2.95. The van der Waals surface area contributed by atoms with Gasteiger partial charge in [-0.2, -0.15) is 0 Å². The minimum absolute atomic E-state index is 1.21. The van der Waals surface area contributed by atoms with Crippen molar-refractivity contribution in [1.29, 1.82) is 0 Å². The molecule has 0 aromatic heterocycles. The highest BCUT2D eigenvalue weighted by atomic mass is 31.0. The van der Waals surface area contributed by atoms with Crippen molar-refractivity contribution in [3.8, 4) is 0 Å². The number of anilines is 2. The monoisotopic (exact) mass is 341 g/mol. The van der Waals surface area contributed by atoms with Crippen LogP contribution >= 0.6 is 18.5 Å². The van der Waals surface area contributed by atoms with E-state index >= 15 is 0 Å². The first-order valence-electron chi connectivity index (χ1n) is 8.81. The Morgan fingerprint density at radius 3 is 1.52 bits per heavy atom. The van der Waals surface area contributed by atoms with Gasteiger partial charge < -0.3 is 5.32 Å². The predicted octanol–water partition coefficient (Wildman–Crippen LogP) is 4.19. The van der Waals surface area contributed by atoms with Crippen LogP contribution in [0.4, 0.5) is 11.4 Å². The summed E-state index contributed by atoms with van der Waals surface area (Å²) in [4.78, 5) is 0. The third-order valence-corrected chi connectivity index (χ3v) is 6.34. The van der Waals surface area contributed by atoms with Crippen molar-refractivity contribution in [3.63, 3.8) is 0 Å². The maximum atomic E-state index is 3.86. The van der Waals surface area contributed by atoms with Gasteiger partial charge in [-0.25, -0.2) is 0 Å². The maximum Gasteiger partial charge on any atom is 0.0492 e. The van der Waals surface area contributed by atoms with Crippen molar-refractivity contribution in [2.45, 2.75) is 51.4 Å². The second kappa shape index (κ2) is 6.54. The van der Waals surface area contributed by atoms with Crippen LogP contribution in [-0.2, 0) is 25.7 Å². The quantitative estimate of drug-likeness (QED) is 0.808. The lowest BCUT2D eigenvalue weighted by molar-refractivity contribution is 0.685. The SMILES string of the molecule is Pc1ccc2c(c1Nc1c(P)ccc3c1CCCC3)CCCC2. The molecule has 0 bridgehead atoms. The molecule has 0 saturated carbocycles. The number of fused-ring (bicyclic) bond motifs is 2. The fourth-order valence-corrected chi connectivity index (χ4v) is 4.80. The molecule has 0 spiro atoms. The molecule has 2 unspecified atom stereocenters. The minimum Gasteiger partial charge on any atom is -0.354 e. The first-order chi connectivity index (χ1) is 11.2. The summed E-state index contributed by atoms with van der Waals surface area (Å²) in [5.41, 5.74) is 8.85. The van der Waals surface area contributed by atoms with Crippen molar-refractivity contribution in [1.82, 2.24) is 0 Å². The van der Waals surface area contributed by atoms with Gasteiger partial charge in [-0.1, -0.05) is 24.3 Å². The highest BCUT2D eigenvalue weighted by Gasteiger charge is 2.19. The molecule has 1 nitrogen and oxygen atoms in total. The molecule has 0 radical (unpaired) electrons. The van der Waals surface area contributed by atoms with E-state index in [2.05, 4.69) is 48.1 Å². The summed E-state index contributed by atoms with van der Waals surface area (Å²) >= 11 is 0. The summed E-state index contributed by atoms with van der Waals surface area (Å²) < 4.78 is 0. The fourth-order valence-electron chi connectivity index (χ4n) is 4.11. The molecular formula is C20H25NP2. The van der Waals surface area contributed by atoms with Gasteiger partial charge >= 0.3 is 0 Å². The van der Waals surface area contributed by atoms with E-state index in [1.54, 1.807) is 22.3 Å². The minimum atomic E-state index is 1.21. The van der Waals surface area contributed by atoms with Crippen LogP contribution in [0.25, 0.3) is 0 Å². The van der Waals surface area contributed by atoms with Gasteiger partial charge in [0.15, 0.2) is 0 Å². The van der Waals surface area contributed by atoms with Gasteiger partial charge in [0.25, 0.3) is 0 Å². The number of hydrogen-bond acceptors (Lipinski definition) is 1. The van der Waals surface area contributed by atoms with E-state index < -0.39 is 0 Å². The summed E-state index contributed by atoms with van der Waals surface area (Å²) in [5.74, 6) is 0. The third-order valence-electron chi connectivity index (χ3n) is 5.38. The highest BCUT2D eigenvalue weighted by molar-refractivity contribution is 7.28. The Balaban J connectivity index is 1.80. The van der Waals surface area contributed by atoms with Crippen molar-refractivity contribution >= 4 is 40.5 Å². The Labute approximate surface area is 144 Å². The topological polar surface area (TPSA) is 12.0 Å². The average Bonchev–Trinajstić information content (AvgIpc) is 2.59. The molecule has 0 aliphatic heterocycles. The fraction of sp³-hybridized carbons (Fsp3) is 0.400. The summed E-state index contributed by atoms with van der Waals surface area (Å²) in [7, 11) is 5.86. The van der Waals surface area contributed by atoms with E-state index in [-0.39, 0.29) is 0 Å². The van der Waals surface area contributed by atoms with Crippen LogP contribution in [0.15, 0.2) is 24.3 Å². The summed E-state index contributed by atoms with van der Waals surface area (Å²) in [6.45, 7) is 0. The van der Waals surface area contributed by atoms with Crippen molar-refractivity contribution < 1.29 is 0 Å². The van der Waals surface area contributed by atoms with E-state index in [0.29, 0.717) is 0 Å². The second-order valence-electron chi connectivity index (χ2n) is 6.87. The van der Waals surface area contributed by atoms with E-state index in [4.69, 9.17) is 0 Å². The standard InChI is InChI=1S/C20H25NP2/c22-17-11-9-13-5-1-3-7-15(13)19(17)21-20-16-8-4-2-6-14(16)10-12-18(20)23/h9-12,21H,1-8,22-23H2. The van der Waals surface area contributed by atoms with Gasteiger partial charge in [-0.05, 0) is 84.2 Å². The van der Waals surface area contributed by atoms with Gasteiger partial charge in [0.2, 0.25) is 0 Å². The van der Waals surface area contributed by atoms with Crippen LogP contribution in [0.2, 0.25) is 0 Å². The molecule has 2 aromatic carbocycles. The molecule has 0 fully saturated rings. The zero-order chi connectivity index (χ0) is 15.8. The second-order valence-corrected chi connectivity index (χ2v) is 8.12. The Kier molecular flexibility index (Phi) is 4.44. The van der Waals surface area contributed by atoms with Gasteiger partial charge in [-0.3, -0.25) is 0 Å². The highest BCUT2D eigenvalue weighted by Crippen LogP contribution is 2.33. The first-order valence-corrected chi connectivity index (χ1v) is 9.97. The van der Waals surface area contributed by atoms with Crippen molar-refractivity contribution in [2.24, 2.45) is 0 Å². The molecule has 3 heteroatoms. The van der Waals surface area contributed by atoms with Crippen molar-refractivity contribution in [3.05, 3.63) is 46.5 Å². The molecular weight excluding hydrogens is 316 g/mol. The normalized spacial score (nSPS) is 16.6. The molecule has 2 aliphatic carbocycles. The zero-order valence-corrected chi connectivity index (χ0v) is 15.9. The number of nitrogens with one attached hydrogen (secondary N) is 1. The molecule has 2 atom stereocenters. The van der Waals surface area contributed by atoms with E-state index in [0.717, 1.165) is 0 Å². The van der Waals surface area contributed by atoms with E-state index in [1.165, 1.54) is 73.4 Å². The first kappa shape index (κ1) is 15.6. The van der Waals surface area contributed by atoms with E-state index in [1.807, 2.05) is 0 Å². The number of benzene rings is 2. The number of aryl methyl sites for hydroxylation is 2. The smallest absolute Gasteiger partial charge is 0.0492 e.